The SMILES string of the molecule is CS(=O)(=O)[O-].O=C(C=Cc1cc(O)c(O)c(O)c1)NCCCCCCCCCC[P+](c1ccccc1)(c1ccccc1)c1ccccc1. The molecule has 4 aromatic carbocycles. The van der Waals surface area contributed by atoms with Crippen LogP contribution in [-0.2, 0) is 14.9 Å². The number of amides is 1. The number of hydrogen-bond acceptors (Lipinski definition) is 7. The van der Waals surface area contributed by atoms with Crippen molar-refractivity contribution in [3.8, 4) is 17.2 Å². The molecule has 4 rings (SSSR count). The van der Waals surface area contributed by atoms with Crippen LogP contribution in [0.4, 0.5) is 0 Å². The summed E-state index contributed by atoms with van der Waals surface area (Å²) in [6.45, 7) is 0.611. The number of carbonyl (C=O) groups excluding carboxylic acids is 1. The van der Waals surface area contributed by atoms with E-state index in [1.807, 2.05) is 0 Å². The second-order valence-corrected chi connectivity index (χ2v) is 16.6. The summed E-state index contributed by atoms with van der Waals surface area (Å²) >= 11 is 0. The Hall–Kier alpha value is -4.17. The average Bonchev–Trinajstić information content (AvgIpc) is 3.07. The van der Waals surface area contributed by atoms with Crippen LogP contribution in [0.5, 0.6) is 17.2 Å². The maximum atomic E-state index is 12.1. The van der Waals surface area contributed by atoms with E-state index in [1.165, 1.54) is 78.5 Å². The Morgan fingerprint density at radius 2 is 1.06 bits per heavy atom. The minimum Gasteiger partial charge on any atom is -0.748 e. The molecule has 0 saturated carbocycles. The summed E-state index contributed by atoms with van der Waals surface area (Å²) in [7, 11) is -5.65. The van der Waals surface area contributed by atoms with Gasteiger partial charge in [0.2, 0.25) is 5.91 Å². The molecule has 0 saturated heterocycles. The maximum Gasteiger partial charge on any atom is 0.243 e. The van der Waals surface area contributed by atoms with Gasteiger partial charge in [-0.3, -0.25) is 4.79 Å². The summed E-state index contributed by atoms with van der Waals surface area (Å²) in [5.74, 6) is -1.66. The molecule has 0 aliphatic rings. The first kappa shape index (κ1) is 38.3. The van der Waals surface area contributed by atoms with Gasteiger partial charge in [0.15, 0.2) is 17.2 Å². The van der Waals surface area contributed by atoms with Crippen molar-refractivity contribution in [1.29, 1.82) is 0 Å². The van der Waals surface area contributed by atoms with Gasteiger partial charge in [0, 0.05) is 18.9 Å². The van der Waals surface area contributed by atoms with E-state index in [1.54, 1.807) is 0 Å². The summed E-state index contributed by atoms with van der Waals surface area (Å²) < 4.78 is 27.2. The predicted molar refractivity (Wildman–Crippen MR) is 196 cm³/mol. The van der Waals surface area contributed by atoms with Gasteiger partial charge in [-0.2, -0.15) is 0 Å². The van der Waals surface area contributed by atoms with Crippen molar-refractivity contribution >= 4 is 45.3 Å². The molecule has 1 amide bonds. The highest BCUT2D eigenvalue weighted by atomic mass is 32.2. The highest BCUT2D eigenvalue weighted by molar-refractivity contribution is 7.95. The fourth-order valence-corrected chi connectivity index (χ4v) is 9.99. The predicted octanol–water partition coefficient (Wildman–Crippen LogP) is 6.21. The molecule has 0 unspecified atom stereocenters. The van der Waals surface area contributed by atoms with E-state index in [4.69, 9.17) is 13.0 Å². The van der Waals surface area contributed by atoms with Gasteiger partial charge in [0.25, 0.3) is 0 Å². The Bertz CT molecular complexity index is 1550. The Labute approximate surface area is 285 Å². The van der Waals surface area contributed by atoms with Crippen molar-refractivity contribution < 1.29 is 33.1 Å². The summed E-state index contributed by atoms with van der Waals surface area (Å²) in [6.07, 6.45) is 13.9. The van der Waals surface area contributed by atoms with E-state index in [-0.39, 0.29) is 5.91 Å². The lowest BCUT2D eigenvalue weighted by atomic mass is 10.1. The number of rotatable bonds is 16. The third kappa shape index (κ3) is 12.8. The van der Waals surface area contributed by atoms with Crippen LogP contribution >= 0.6 is 7.26 Å². The number of nitrogens with one attached hydrogen (secondary N) is 1. The number of phenolic OH excluding ortho intramolecular Hbond substituents is 3. The van der Waals surface area contributed by atoms with Crippen molar-refractivity contribution in [2.24, 2.45) is 0 Å². The first-order valence-electron chi connectivity index (χ1n) is 16.2. The van der Waals surface area contributed by atoms with Gasteiger partial charge in [-0.15, -0.1) is 0 Å². The van der Waals surface area contributed by atoms with Crippen molar-refractivity contribution in [1.82, 2.24) is 5.32 Å². The fraction of sp³-hybridized carbons (Fsp3) is 0.289. The molecule has 0 aliphatic heterocycles. The summed E-state index contributed by atoms with van der Waals surface area (Å²) in [6, 6.07) is 35.9. The zero-order valence-corrected chi connectivity index (χ0v) is 29.1. The van der Waals surface area contributed by atoms with Gasteiger partial charge in [0.1, 0.15) is 23.2 Å². The Balaban J connectivity index is 0.00000116. The molecule has 0 bridgehead atoms. The molecule has 8 nitrogen and oxygen atoms in total. The lowest BCUT2D eigenvalue weighted by Crippen LogP contribution is -2.33. The van der Waals surface area contributed by atoms with Crippen LogP contribution in [-0.4, -0.2) is 53.2 Å². The van der Waals surface area contributed by atoms with Gasteiger partial charge in [-0.25, -0.2) is 8.42 Å². The fourth-order valence-electron chi connectivity index (χ4n) is 5.58. The van der Waals surface area contributed by atoms with Crippen LogP contribution < -0.4 is 21.2 Å². The third-order valence-corrected chi connectivity index (χ3v) is 12.4. The van der Waals surface area contributed by atoms with E-state index in [0.29, 0.717) is 18.4 Å². The Morgan fingerprint density at radius 1 is 0.688 bits per heavy atom. The molecule has 0 aliphatic carbocycles. The zero-order valence-electron chi connectivity index (χ0n) is 27.4. The standard InChI is InChI=1S/C37H42NO4P.CH4O3S/c39-34-28-30(29-35(40)37(34)42)24-25-36(41)38-26-16-5-3-1-2-4-6-17-27-43(31-18-10-7-11-19-31,32-20-12-8-13-21-32)33-22-14-9-15-23-33;1-5(2,3)4/h7-15,18-25,28-29H,1-6,16-17,26-27H2,(H3-,38,39,40,41,42);1H3,(H,2,3,4). The van der Waals surface area contributed by atoms with E-state index >= 15 is 0 Å². The number of carbonyl (C=O) groups is 1. The molecule has 0 radical (unpaired) electrons. The van der Waals surface area contributed by atoms with Crippen LogP contribution in [0, 0.1) is 0 Å². The maximum absolute atomic E-state index is 12.1. The molecule has 0 aromatic heterocycles. The molecule has 0 spiro atoms. The van der Waals surface area contributed by atoms with Crippen LogP contribution in [0.15, 0.2) is 109 Å². The van der Waals surface area contributed by atoms with Crippen LogP contribution in [0.2, 0.25) is 0 Å². The molecule has 4 N–H and O–H groups in total. The third-order valence-electron chi connectivity index (χ3n) is 7.83. The largest absolute Gasteiger partial charge is 0.748 e. The van der Waals surface area contributed by atoms with E-state index < -0.39 is 34.6 Å². The molecule has 10 heteroatoms. The lowest BCUT2D eigenvalue weighted by Gasteiger charge is -2.27. The minimum absolute atomic E-state index is 0.229. The van der Waals surface area contributed by atoms with Gasteiger partial charge in [0.05, 0.1) is 16.3 Å². The average molecular weight is 692 g/mol. The normalized spacial score (nSPS) is 11.5. The smallest absolute Gasteiger partial charge is 0.243 e. The van der Waals surface area contributed by atoms with E-state index in [9.17, 15) is 20.1 Å². The number of benzene rings is 4. The second kappa shape index (κ2) is 19.6. The molecule has 256 valence electrons. The monoisotopic (exact) mass is 691 g/mol. The lowest BCUT2D eigenvalue weighted by molar-refractivity contribution is -0.116. The number of hydrogen-bond donors (Lipinski definition) is 4. The van der Waals surface area contributed by atoms with Crippen molar-refractivity contribution in [3.05, 3.63) is 115 Å². The molecule has 0 atom stereocenters. The summed E-state index contributed by atoms with van der Waals surface area (Å²) in [5, 5.41) is 35.8. The number of phenols is 3. The molecule has 48 heavy (non-hydrogen) atoms. The molecular weight excluding hydrogens is 645 g/mol. The minimum atomic E-state index is -3.92. The van der Waals surface area contributed by atoms with Gasteiger partial charge < -0.3 is 25.2 Å². The number of unbranched alkanes of at least 4 members (excludes halogenated alkanes) is 7. The quantitative estimate of drug-likeness (QED) is 0.0359. The Morgan fingerprint density at radius 3 is 1.48 bits per heavy atom. The highest BCUT2D eigenvalue weighted by Gasteiger charge is 2.44. The van der Waals surface area contributed by atoms with Crippen molar-refractivity contribution in [2.45, 2.75) is 51.4 Å². The molecular formula is C38H46NO7PS. The van der Waals surface area contributed by atoms with Crippen LogP contribution in [0.1, 0.15) is 56.9 Å². The zero-order chi connectivity index (χ0) is 34.8. The molecule has 0 heterocycles. The van der Waals surface area contributed by atoms with E-state index in [0.717, 1.165) is 19.3 Å². The van der Waals surface area contributed by atoms with Gasteiger partial charge in [-0.1, -0.05) is 86.7 Å². The molecule has 0 fully saturated rings. The second-order valence-electron chi connectivity index (χ2n) is 11.6. The molecule has 4 aromatic rings. The van der Waals surface area contributed by atoms with Crippen LogP contribution in [0.3, 0.4) is 0 Å². The number of aromatic hydroxyl groups is 3. The van der Waals surface area contributed by atoms with Gasteiger partial charge in [-0.05, 0) is 79.4 Å². The van der Waals surface area contributed by atoms with Crippen molar-refractivity contribution in [2.75, 3.05) is 19.0 Å². The van der Waals surface area contributed by atoms with Crippen molar-refractivity contribution in [3.63, 3.8) is 0 Å². The summed E-state index contributed by atoms with van der Waals surface area (Å²) in [5.41, 5.74) is 0.427. The summed E-state index contributed by atoms with van der Waals surface area (Å²) in [4.78, 5) is 12.1. The first-order chi connectivity index (χ1) is 23.0. The van der Waals surface area contributed by atoms with Gasteiger partial charge >= 0.3 is 0 Å². The van der Waals surface area contributed by atoms with Crippen LogP contribution in [0.25, 0.3) is 6.08 Å². The first-order valence-corrected chi connectivity index (χ1v) is 20.0. The van der Waals surface area contributed by atoms with E-state index in [2.05, 4.69) is 96.3 Å². The highest BCUT2D eigenvalue weighted by Crippen LogP contribution is 2.56. The topological polar surface area (TPSA) is 147 Å². The Kier molecular flexibility index (Phi) is 15.6.